The predicted molar refractivity (Wildman–Crippen MR) is 144 cm³/mol. The van der Waals surface area contributed by atoms with Gasteiger partial charge in [-0.3, -0.25) is 0 Å². The molecule has 2 aromatic carbocycles. The number of hydrogen-bond donors (Lipinski definition) is 0. The lowest BCUT2D eigenvalue weighted by atomic mass is 9.85. The highest BCUT2D eigenvalue weighted by atomic mass is 29.3. The van der Waals surface area contributed by atoms with Crippen LogP contribution in [0.3, 0.4) is 0 Å². The van der Waals surface area contributed by atoms with Crippen molar-refractivity contribution in [3.05, 3.63) is 60.7 Å². The van der Waals surface area contributed by atoms with Crippen LogP contribution in [0.5, 0.6) is 0 Å². The van der Waals surface area contributed by atoms with E-state index in [2.05, 4.69) is 111 Å². The molecule has 31 heavy (non-hydrogen) atoms. The van der Waals surface area contributed by atoms with Gasteiger partial charge in [0.05, 0.1) is 7.59 Å². The molecule has 0 aromatic heterocycles. The van der Waals surface area contributed by atoms with Crippen LogP contribution in [0.25, 0.3) is 0 Å². The highest BCUT2D eigenvalue weighted by Crippen LogP contribution is 2.32. The van der Waals surface area contributed by atoms with E-state index in [0.717, 1.165) is 0 Å². The molecule has 0 spiro atoms. The van der Waals surface area contributed by atoms with Crippen molar-refractivity contribution >= 4 is 33.9 Å². The van der Waals surface area contributed by atoms with E-state index in [4.69, 9.17) is 4.43 Å². The Hall–Kier alpha value is -1.39. The Kier molecular flexibility index (Phi) is 7.86. The lowest BCUT2D eigenvalue weighted by Gasteiger charge is -2.45. The van der Waals surface area contributed by atoms with Crippen molar-refractivity contribution in [1.29, 1.82) is 0 Å². The van der Waals surface area contributed by atoms with Gasteiger partial charge in [-0.15, -0.1) is 5.54 Å². The molecule has 0 amide bonds. The van der Waals surface area contributed by atoms with E-state index in [1.165, 1.54) is 42.5 Å². The Morgan fingerprint density at radius 1 is 0.742 bits per heavy atom. The summed E-state index contributed by atoms with van der Waals surface area (Å²) in [6, 6.07) is 22.3. The van der Waals surface area contributed by atoms with Crippen molar-refractivity contribution in [1.82, 2.24) is 0 Å². The number of hydrogen-bond acceptors (Lipinski definition) is 1. The molecule has 1 aliphatic rings. The largest absolute Gasteiger partial charge is 0.397 e. The summed E-state index contributed by atoms with van der Waals surface area (Å²) >= 11 is 0. The molecule has 0 heterocycles. The minimum Gasteiger partial charge on any atom is -0.397 e. The van der Waals surface area contributed by atoms with Gasteiger partial charge in [-0.1, -0.05) is 125 Å². The van der Waals surface area contributed by atoms with Gasteiger partial charge in [-0.2, -0.15) is 0 Å². The van der Waals surface area contributed by atoms with Crippen LogP contribution in [0, 0.1) is 17.4 Å². The van der Waals surface area contributed by atoms with Crippen molar-refractivity contribution < 1.29 is 4.43 Å². The molecular weight excluding hydrogens is 425 g/mol. The Bertz CT molecular complexity index is 840. The number of rotatable bonds is 6. The summed E-state index contributed by atoms with van der Waals surface area (Å²) in [5, 5.41) is 2.83. The van der Waals surface area contributed by atoms with Crippen LogP contribution in [-0.4, -0.2) is 29.6 Å². The maximum atomic E-state index is 7.56. The third kappa shape index (κ3) is 5.90. The van der Waals surface area contributed by atoms with E-state index in [0.29, 0.717) is 5.92 Å². The Balaban J connectivity index is 2.17. The Morgan fingerprint density at radius 3 is 1.65 bits per heavy atom. The standard InChI is InChI=1S/C27H40OSi3/c1-29(2,3)23-22-27(24-16-10-7-11-17-24)28-31(30(4,5)6,25-18-12-8-13-19-25)26-20-14-9-15-21-26/h8-9,12-15,18-21,24,27H,7,10-11,16-17H2,1-6H3/t27-/m1/s1. The third-order valence-corrected chi connectivity index (χ3v) is 20.7. The topological polar surface area (TPSA) is 9.23 Å². The minimum absolute atomic E-state index is 0.0471. The average molecular weight is 465 g/mol. The zero-order valence-corrected chi connectivity index (χ0v) is 23.4. The fourth-order valence-corrected chi connectivity index (χ4v) is 17.7. The average Bonchev–Trinajstić information content (AvgIpc) is 2.74. The first-order chi connectivity index (χ1) is 14.6. The Labute approximate surface area is 193 Å². The summed E-state index contributed by atoms with van der Waals surface area (Å²) in [5.74, 6) is 4.31. The second kappa shape index (κ2) is 10.0. The van der Waals surface area contributed by atoms with E-state index < -0.39 is 23.5 Å². The predicted octanol–water partition coefficient (Wildman–Crippen LogP) is 6.01. The van der Waals surface area contributed by atoms with E-state index in [-0.39, 0.29) is 6.10 Å². The molecule has 0 unspecified atom stereocenters. The van der Waals surface area contributed by atoms with E-state index in [1.54, 1.807) is 0 Å². The van der Waals surface area contributed by atoms with Gasteiger partial charge in [0.15, 0.2) is 0 Å². The van der Waals surface area contributed by atoms with Gasteiger partial charge in [0.2, 0.25) is 7.83 Å². The highest BCUT2D eigenvalue weighted by molar-refractivity contribution is 7.48. The molecule has 0 bridgehead atoms. The van der Waals surface area contributed by atoms with Gasteiger partial charge in [-0.25, -0.2) is 0 Å². The normalized spacial score (nSPS) is 17.0. The van der Waals surface area contributed by atoms with Crippen LogP contribution < -0.4 is 10.4 Å². The molecule has 1 aliphatic carbocycles. The SMILES string of the molecule is C[Si](C)(C)C#C[C@@H](O[Si](c1ccccc1)(c1ccccc1)[Si](C)(C)C)C1CCCCC1. The summed E-state index contributed by atoms with van der Waals surface area (Å²) in [6.45, 7) is 14.5. The second-order valence-electron chi connectivity index (χ2n) is 11.1. The second-order valence-corrected chi connectivity index (χ2v) is 29.7. The maximum Gasteiger partial charge on any atom is 0.241 e. The van der Waals surface area contributed by atoms with Gasteiger partial charge in [0.1, 0.15) is 14.2 Å². The quantitative estimate of drug-likeness (QED) is 0.376. The lowest BCUT2D eigenvalue weighted by Crippen LogP contribution is -2.76. The Morgan fingerprint density at radius 2 is 1.23 bits per heavy atom. The molecule has 4 heteroatoms. The first kappa shape index (κ1) is 24.3. The fraction of sp³-hybridized carbons (Fsp3) is 0.481. The highest BCUT2D eigenvalue weighted by Gasteiger charge is 2.53. The maximum absolute atomic E-state index is 7.56. The first-order valence-electron chi connectivity index (χ1n) is 11.9. The summed E-state index contributed by atoms with van der Waals surface area (Å²) in [7, 11) is -5.68. The van der Waals surface area contributed by atoms with Gasteiger partial charge in [-0.05, 0) is 29.1 Å². The van der Waals surface area contributed by atoms with Crippen LogP contribution >= 0.6 is 0 Å². The van der Waals surface area contributed by atoms with Crippen molar-refractivity contribution in [3.63, 3.8) is 0 Å². The van der Waals surface area contributed by atoms with Crippen LogP contribution in [0.15, 0.2) is 60.7 Å². The van der Waals surface area contributed by atoms with Crippen LogP contribution in [0.2, 0.25) is 39.3 Å². The van der Waals surface area contributed by atoms with Crippen molar-refractivity contribution in [2.75, 3.05) is 0 Å². The summed E-state index contributed by atoms with van der Waals surface area (Å²) in [6.07, 6.45) is 6.55. The van der Waals surface area contributed by atoms with Gasteiger partial charge >= 0.3 is 0 Å². The van der Waals surface area contributed by atoms with Gasteiger partial charge in [0.25, 0.3) is 0 Å². The summed E-state index contributed by atoms with van der Waals surface area (Å²) in [5.41, 5.74) is 3.70. The molecular formula is C27H40OSi3. The molecule has 0 saturated heterocycles. The smallest absolute Gasteiger partial charge is 0.241 e. The fourth-order valence-electron chi connectivity index (χ4n) is 4.85. The lowest BCUT2D eigenvalue weighted by molar-refractivity contribution is 0.155. The third-order valence-electron chi connectivity index (χ3n) is 6.39. The molecule has 0 radical (unpaired) electrons. The van der Waals surface area contributed by atoms with Gasteiger partial charge in [0, 0.05) is 0 Å². The van der Waals surface area contributed by atoms with E-state index in [1.807, 2.05) is 0 Å². The first-order valence-corrected chi connectivity index (χ1v) is 21.9. The summed E-state index contributed by atoms with van der Waals surface area (Å²) in [4.78, 5) is 0. The molecule has 1 nitrogen and oxygen atoms in total. The molecule has 1 fully saturated rings. The molecule has 0 aliphatic heterocycles. The van der Waals surface area contributed by atoms with Gasteiger partial charge < -0.3 is 4.43 Å². The molecule has 166 valence electrons. The van der Waals surface area contributed by atoms with E-state index in [9.17, 15) is 0 Å². The molecule has 3 rings (SSSR count). The zero-order chi connectivity index (χ0) is 22.5. The summed E-state index contributed by atoms with van der Waals surface area (Å²) < 4.78 is 7.56. The van der Waals surface area contributed by atoms with Crippen molar-refractivity contribution in [3.8, 4) is 11.5 Å². The van der Waals surface area contributed by atoms with Crippen molar-refractivity contribution in [2.45, 2.75) is 77.5 Å². The molecule has 2 aromatic rings. The van der Waals surface area contributed by atoms with Crippen molar-refractivity contribution in [2.24, 2.45) is 5.92 Å². The van der Waals surface area contributed by atoms with Crippen LogP contribution in [0.1, 0.15) is 32.1 Å². The monoisotopic (exact) mass is 464 g/mol. The van der Waals surface area contributed by atoms with Crippen LogP contribution in [-0.2, 0) is 4.43 Å². The van der Waals surface area contributed by atoms with E-state index >= 15 is 0 Å². The minimum atomic E-state index is -2.44. The molecule has 1 saturated carbocycles. The molecule has 1 atom stereocenters. The number of benzene rings is 2. The van der Waals surface area contributed by atoms with Crippen LogP contribution in [0.4, 0.5) is 0 Å². The zero-order valence-electron chi connectivity index (χ0n) is 20.4. The molecule has 0 N–H and O–H groups in total.